The van der Waals surface area contributed by atoms with E-state index in [4.69, 9.17) is 20.9 Å². The van der Waals surface area contributed by atoms with Crippen LogP contribution in [0.25, 0.3) is 11.2 Å². The molecule has 0 unspecified atom stereocenters. The summed E-state index contributed by atoms with van der Waals surface area (Å²) in [6.45, 7) is 1.07. The number of methoxy groups -OCH3 is 1. The van der Waals surface area contributed by atoms with Gasteiger partial charge in [-0.15, -0.1) is 0 Å². The van der Waals surface area contributed by atoms with Crippen LogP contribution in [0.2, 0.25) is 0 Å². The van der Waals surface area contributed by atoms with E-state index in [1.807, 2.05) is 30.3 Å². The van der Waals surface area contributed by atoms with Gasteiger partial charge in [0.25, 0.3) is 0 Å². The molecule has 1 aromatic carbocycles. The van der Waals surface area contributed by atoms with Crippen LogP contribution >= 0.6 is 0 Å². The molecular weight excluding hydrogens is 338 g/mol. The Bertz CT molecular complexity index is 911. The van der Waals surface area contributed by atoms with Gasteiger partial charge < -0.3 is 20.9 Å². The largest absolute Gasteiger partial charge is 0.461 e. The summed E-state index contributed by atoms with van der Waals surface area (Å²) in [7, 11) is 1.57. The van der Waals surface area contributed by atoms with Gasteiger partial charge in [0.1, 0.15) is 6.61 Å². The van der Waals surface area contributed by atoms with Crippen LogP contribution in [0.4, 0.5) is 16.6 Å². The van der Waals surface area contributed by atoms with Gasteiger partial charge in [0.2, 0.25) is 5.95 Å². The molecule has 0 aliphatic heterocycles. The number of rotatable bonds is 7. The van der Waals surface area contributed by atoms with Gasteiger partial charge in [-0.2, -0.15) is 9.97 Å². The van der Waals surface area contributed by atoms with Crippen LogP contribution in [-0.2, 0) is 11.3 Å². The summed E-state index contributed by atoms with van der Waals surface area (Å²) in [5.74, 6) is 0.369. The molecule has 136 valence electrons. The van der Waals surface area contributed by atoms with Gasteiger partial charge >= 0.3 is 12.0 Å². The van der Waals surface area contributed by atoms with Crippen molar-refractivity contribution in [1.82, 2.24) is 19.5 Å². The predicted octanol–water partition coefficient (Wildman–Crippen LogP) is 0.973. The van der Waals surface area contributed by atoms with Crippen molar-refractivity contribution in [2.45, 2.75) is 6.54 Å². The summed E-state index contributed by atoms with van der Waals surface area (Å²) in [5, 5.41) is 2.49. The number of hydrogen-bond acceptors (Lipinski definition) is 7. The molecule has 2 heterocycles. The molecule has 10 heteroatoms. The van der Waals surface area contributed by atoms with Crippen molar-refractivity contribution in [2.75, 3.05) is 31.4 Å². The fourth-order valence-electron chi connectivity index (χ4n) is 2.40. The number of fused-ring (bicyclic) bond motifs is 1. The van der Waals surface area contributed by atoms with Crippen LogP contribution in [-0.4, -0.2) is 45.9 Å². The third-order valence-corrected chi connectivity index (χ3v) is 3.54. The van der Waals surface area contributed by atoms with Crippen LogP contribution in [0.15, 0.2) is 30.3 Å². The number of nitrogen functional groups attached to an aromatic ring is 1. The van der Waals surface area contributed by atoms with E-state index in [1.165, 1.54) is 0 Å². The molecule has 2 amide bonds. The first-order valence-electron chi connectivity index (χ1n) is 7.84. The van der Waals surface area contributed by atoms with Crippen molar-refractivity contribution in [3.8, 4) is 6.01 Å². The lowest BCUT2D eigenvalue weighted by molar-refractivity contribution is 0.141. The zero-order valence-corrected chi connectivity index (χ0v) is 14.2. The Kier molecular flexibility index (Phi) is 5.13. The third kappa shape index (κ3) is 3.81. The summed E-state index contributed by atoms with van der Waals surface area (Å²) in [6, 6.07) is 9.00. The molecule has 10 nitrogen and oxygen atoms in total. The highest BCUT2D eigenvalue weighted by Crippen LogP contribution is 2.25. The van der Waals surface area contributed by atoms with E-state index < -0.39 is 6.03 Å². The molecule has 0 spiro atoms. The monoisotopic (exact) mass is 357 g/mol. The third-order valence-electron chi connectivity index (χ3n) is 3.54. The molecule has 3 aromatic rings. The van der Waals surface area contributed by atoms with Gasteiger partial charge in [-0.05, 0) is 5.56 Å². The van der Waals surface area contributed by atoms with Crippen molar-refractivity contribution >= 4 is 29.0 Å². The summed E-state index contributed by atoms with van der Waals surface area (Å²) >= 11 is 0. The molecule has 0 radical (unpaired) electrons. The van der Waals surface area contributed by atoms with Crippen molar-refractivity contribution in [3.05, 3.63) is 35.9 Å². The SMILES string of the molecule is COCCOc1nc(N)c2nc(NC(N)=O)n(Cc3ccccc3)c2n1. The zero-order valence-electron chi connectivity index (χ0n) is 14.2. The van der Waals surface area contributed by atoms with Crippen molar-refractivity contribution in [2.24, 2.45) is 5.73 Å². The maximum Gasteiger partial charge on any atom is 0.320 e. The van der Waals surface area contributed by atoms with Gasteiger partial charge in [0.05, 0.1) is 13.2 Å². The van der Waals surface area contributed by atoms with Gasteiger partial charge in [-0.3, -0.25) is 9.88 Å². The molecule has 0 saturated carbocycles. The average molecular weight is 357 g/mol. The molecule has 3 rings (SSSR count). The Morgan fingerprint density at radius 3 is 2.65 bits per heavy atom. The van der Waals surface area contributed by atoms with E-state index in [0.29, 0.717) is 24.3 Å². The number of carbonyl (C=O) groups is 1. The predicted molar refractivity (Wildman–Crippen MR) is 95.9 cm³/mol. The standard InChI is InChI=1S/C16H19N7O3/c1-25-7-8-26-16-20-12(17)11-13(21-16)23(15(19-11)22-14(18)24)9-10-5-3-2-4-6-10/h2-6H,7-9H2,1H3,(H2,17,20,21)(H3,18,19,22,24). The van der Waals surface area contributed by atoms with E-state index in [0.717, 1.165) is 5.56 Å². The molecule has 0 bridgehead atoms. The number of benzene rings is 1. The summed E-state index contributed by atoms with van der Waals surface area (Å²) in [5.41, 5.74) is 13.0. The number of aromatic nitrogens is 4. The minimum absolute atomic E-state index is 0.104. The van der Waals surface area contributed by atoms with E-state index in [2.05, 4.69) is 20.3 Å². The number of amides is 2. The molecule has 0 aliphatic carbocycles. The average Bonchev–Trinajstić information content (AvgIpc) is 2.94. The lowest BCUT2D eigenvalue weighted by Gasteiger charge is -2.09. The molecule has 0 fully saturated rings. The Balaban J connectivity index is 2.05. The van der Waals surface area contributed by atoms with Crippen LogP contribution in [0.1, 0.15) is 5.56 Å². The van der Waals surface area contributed by atoms with Gasteiger partial charge in [-0.25, -0.2) is 9.78 Å². The number of anilines is 2. The van der Waals surface area contributed by atoms with Gasteiger partial charge in [0, 0.05) is 7.11 Å². The van der Waals surface area contributed by atoms with E-state index in [9.17, 15) is 4.79 Å². The van der Waals surface area contributed by atoms with Crippen molar-refractivity contribution < 1.29 is 14.3 Å². The Morgan fingerprint density at radius 2 is 1.96 bits per heavy atom. The molecule has 0 saturated heterocycles. The minimum atomic E-state index is -0.738. The van der Waals surface area contributed by atoms with Gasteiger partial charge in [-0.1, -0.05) is 30.3 Å². The van der Waals surface area contributed by atoms with E-state index >= 15 is 0 Å². The first-order chi connectivity index (χ1) is 12.6. The number of nitrogens with two attached hydrogens (primary N) is 2. The number of carbonyl (C=O) groups excluding carboxylic acids is 1. The highest BCUT2D eigenvalue weighted by Gasteiger charge is 2.18. The fourth-order valence-corrected chi connectivity index (χ4v) is 2.40. The van der Waals surface area contributed by atoms with Crippen LogP contribution < -0.4 is 21.5 Å². The normalized spacial score (nSPS) is 10.8. The molecule has 0 atom stereocenters. The molecule has 5 N–H and O–H groups in total. The number of nitrogens with zero attached hydrogens (tertiary/aromatic N) is 4. The molecule has 0 aliphatic rings. The van der Waals surface area contributed by atoms with E-state index in [-0.39, 0.29) is 24.4 Å². The van der Waals surface area contributed by atoms with Crippen LogP contribution in [0.3, 0.4) is 0 Å². The summed E-state index contributed by atoms with van der Waals surface area (Å²) in [6.07, 6.45) is 0. The summed E-state index contributed by atoms with van der Waals surface area (Å²) < 4.78 is 12.1. The Hall–Kier alpha value is -3.40. The van der Waals surface area contributed by atoms with Crippen LogP contribution in [0.5, 0.6) is 6.01 Å². The number of urea groups is 1. The first-order valence-corrected chi connectivity index (χ1v) is 7.84. The highest BCUT2D eigenvalue weighted by atomic mass is 16.5. The van der Waals surface area contributed by atoms with E-state index in [1.54, 1.807) is 11.7 Å². The Labute approximate surface area is 149 Å². The number of primary amides is 1. The van der Waals surface area contributed by atoms with Crippen molar-refractivity contribution in [1.29, 1.82) is 0 Å². The quantitative estimate of drug-likeness (QED) is 0.535. The molecule has 2 aromatic heterocycles. The molecule has 26 heavy (non-hydrogen) atoms. The fraction of sp³-hybridized carbons (Fsp3) is 0.250. The van der Waals surface area contributed by atoms with Gasteiger partial charge in [0.15, 0.2) is 17.0 Å². The lowest BCUT2D eigenvalue weighted by Crippen LogP contribution is -2.22. The topological polar surface area (TPSA) is 143 Å². The second-order valence-corrected chi connectivity index (χ2v) is 5.40. The number of ether oxygens (including phenoxy) is 2. The zero-order chi connectivity index (χ0) is 18.5. The maximum absolute atomic E-state index is 11.3. The lowest BCUT2D eigenvalue weighted by atomic mass is 10.2. The summed E-state index contributed by atoms with van der Waals surface area (Å²) in [4.78, 5) is 24.1. The minimum Gasteiger partial charge on any atom is -0.461 e. The second-order valence-electron chi connectivity index (χ2n) is 5.40. The molecular formula is C16H19N7O3. The second kappa shape index (κ2) is 7.66. The number of imidazole rings is 1. The Morgan fingerprint density at radius 1 is 1.19 bits per heavy atom. The van der Waals surface area contributed by atoms with Crippen molar-refractivity contribution in [3.63, 3.8) is 0 Å². The first kappa shape index (κ1) is 17.4. The number of nitrogens with one attached hydrogen (secondary N) is 1. The highest BCUT2D eigenvalue weighted by molar-refractivity contribution is 5.91. The maximum atomic E-state index is 11.3. The smallest absolute Gasteiger partial charge is 0.320 e. The van der Waals surface area contributed by atoms with Crippen LogP contribution in [0, 0.1) is 0 Å². The number of hydrogen-bond donors (Lipinski definition) is 3.